The van der Waals surface area contributed by atoms with Gasteiger partial charge in [-0.2, -0.15) is 0 Å². The van der Waals surface area contributed by atoms with E-state index in [0.717, 1.165) is 57.8 Å². The lowest BCUT2D eigenvalue weighted by molar-refractivity contribution is -0.147. The van der Waals surface area contributed by atoms with Crippen molar-refractivity contribution in [3.05, 3.63) is 12.2 Å². The van der Waals surface area contributed by atoms with Crippen LogP contribution in [0.1, 0.15) is 168 Å². The first-order chi connectivity index (χ1) is 21.8. The lowest BCUT2D eigenvalue weighted by Gasteiger charge is -2.15. The molecule has 0 saturated carbocycles. The molecule has 0 rings (SSSR count). The van der Waals surface area contributed by atoms with Crippen molar-refractivity contribution in [2.45, 2.75) is 174 Å². The number of carbonyl (C=O) groups excluding carboxylic acids is 2. The van der Waals surface area contributed by atoms with Gasteiger partial charge in [-0.1, -0.05) is 129 Å². The zero-order chi connectivity index (χ0) is 33.3. The summed E-state index contributed by atoms with van der Waals surface area (Å²) in [5.74, 6) is -0.525. The molecule has 0 aliphatic heterocycles. The van der Waals surface area contributed by atoms with Crippen LogP contribution in [0.15, 0.2) is 12.2 Å². The normalized spacial score (nSPS) is 13.6. The van der Waals surface area contributed by atoms with Crippen LogP contribution < -0.4 is 5.32 Å². The third-order valence-corrected chi connectivity index (χ3v) is 8.68. The van der Waals surface area contributed by atoms with Gasteiger partial charge in [-0.15, -0.1) is 0 Å². The van der Waals surface area contributed by atoms with Crippen LogP contribution in [0.4, 0.5) is 0 Å². The molecule has 1 amide bonds. The molecule has 2 unspecified atom stereocenters. The van der Waals surface area contributed by atoms with Gasteiger partial charge in [0.1, 0.15) is 12.7 Å². The summed E-state index contributed by atoms with van der Waals surface area (Å²) in [7, 11) is -4.40. The second kappa shape index (κ2) is 32.7. The monoisotopic (exact) mass is 661 g/mol. The van der Waals surface area contributed by atoms with E-state index in [1.807, 2.05) is 0 Å². The highest BCUT2D eigenvalue weighted by Gasteiger charge is 2.23. The molecular weight excluding hydrogens is 593 g/mol. The van der Waals surface area contributed by atoms with Crippen LogP contribution in [0, 0.1) is 0 Å². The number of amides is 1. The number of rotatable bonds is 34. The van der Waals surface area contributed by atoms with Crippen LogP contribution in [0.25, 0.3) is 0 Å². The van der Waals surface area contributed by atoms with Gasteiger partial charge in [0.25, 0.3) is 0 Å². The number of esters is 1. The van der Waals surface area contributed by atoms with Crippen molar-refractivity contribution in [3.63, 3.8) is 0 Å². The van der Waals surface area contributed by atoms with Gasteiger partial charge in [-0.3, -0.25) is 18.6 Å². The molecule has 0 heterocycles. The maximum absolute atomic E-state index is 12.0. The van der Waals surface area contributed by atoms with Crippen LogP contribution in [-0.4, -0.2) is 54.3 Å². The molecule has 9 nitrogen and oxygen atoms in total. The SMILES string of the molecule is CCCCCCCC/C=C\CCCCCCCC(=O)OCC(O)COP(=O)(O)OCCNC(=O)CCCCCCCCCCC. The number of phosphoric acid groups is 1. The van der Waals surface area contributed by atoms with E-state index in [0.29, 0.717) is 6.42 Å². The number of unbranched alkanes of at least 4 members (excludes halogenated alkanes) is 19. The molecule has 0 bridgehead atoms. The molecule has 0 aliphatic rings. The highest BCUT2D eigenvalue weighted by atomic mass is 31.2. The van der Waals surface area contributed by atoms with E-state index in [1.165, 1.54) is 83.5 Å². The second-order valence-electron chi connectivity index (χ2n) is 12.2. The van der Waals surface area contributed by atoms with Crippen LogP contribution >= 0.6 is 7.82 Å². The fourth-order valence-electron chi connectivity index (χ4n) is 4.90. The van der Waals surface area contributed by atoms with Crippen LogP contribution in [-0.2, 0) is 27.9 Å². The third kappa shape index (κ3) is 33.9. The summed E-state index contributed by atoms with van der Waals surface area (Å²) in [6, 6.07) is 0. The minimum absolute atomic E-state index is 0.0840. The molecule has 3 N–H and O–H groups in total. The van der Waals surface area contributed by atoms with Crippen molar-refractivity contribution in [2.24, 2.45) is 0 Å². The van der Waals surface area contributed by atoms with Gasteiger partial charge < -0.3 is 20.1 Å². The largest absolute Gasteiger partial charge is 0.472 e. The molecule has 0 fully saturated rings. The molecule has 0 aromatic carbocycles. The van der Waals surface area contributed by atoms with Crippen molar-refractivity contribution < 1.29 is 37.9 Å². The number of allylic oxidation sites excluding steroid dienone is 2. The van der Waals surface area contributed by atoms with Crippen molar-refractivity contribution in [3.8, 4) is 0 Å². The molecular formula is C35H68NO8P. The summed E-state index contributed by atoms with van der Waals surface area (Å²) >= 11 is 0. The van der Waals surface area contributed by atoms with E-state index in [-0.39, 0.29) is 32.1 Å². The summed E-state index contributed by atoms with van der Waals surface area (Å²) < 4.78 is 26.7. The first-order valence-corrected chi connectivity index (χ1v) is 19.7. The highest BCUT2D eigenvalue weighted by Crippen LogP contribution is 2.42. The molecule has 2 atom stereocenters. The van der Waals surface area contributed by atoms with Gasteiger partial charge >= 0.3 is 13.8 Å². The van der Waals surface area contributed by atoms with E-state index in [1.54, 1.807) is 0 Å². The number of nitrogens with one attached hydrogen (secondary N) is 1. The zero-order valence-corrected chi connectivity index (χ0v) is 29.7. The number of phosphoric ester groups is 1. The Balaban J connectivity index is 3.63. The number of carbonyl (C=O) groups is 2. The number of hydrogen-bond acceptors (Lipinski definition) is 7. The lowest BCUT2D eigenvalue weighted by atomic mass is 10.1. The maximum Gasteiger partial charge on any atom is 0.472 e. The van der Waals surface area contributed by atoms with E-state index >= 15 is 0 Å². The molecule has 0 radical (unpaired) electrons. The number of ether oxygens (including phenoxy) is 1. The van der Waals surface area contributed by atoms with Gasteiger partial charge in [0, 0.05) is 19.4 Å². The first kappa shape index (κ1) is 43.8. The van der Waals surface area contributed by atoms with Crippen molar-refractivity contribution in [1.82, 2.24) is 5.32 Å². The highest BCUT2D eigenvalue weighted by molar-refractivity contribution is 7.47. The molecule has 0 aromatic rings. The van der Waals surface area contributed by atoms with Crippen molar-refractivity contribution >= 4 is 19.7 Å². The predicted octanol–water partition coefficient (Wildman–Crippen LogP) is 9.10. The summed E-state index contributed by atoms with van der Waals surface area (Å²) in [4.78, 5) is 33.6. The number of aliphatic hydroxyl groups excluding tert-OH is 1. The van der Waals surface area contributed by atoms with E-state index in [9.17, 15) is 24.2 Å². The summed E-state index contributed by atoms with van der Waals surface area (Å²) in [5.41, 5.74) is 0. The van der Waals surface area contributed by atoms with E-state index < -0.39 is 26.5 Å². The van der Waals surface area contributed by atoms with E-state index in [4.69, 9.17) is 13.8 Å². The topological polar surface area (TPSA) is 131 Å². The molecule has 0 aliphatic carbocycles. The Bertz CT molecular complexity index is 764. The maximum atomic E-state index is 12.0. The van der Waals surface area contributed by atoms with Crippen LogP contribution in [0.5, 0.6) is 0 Å². The Labute approximate surface area is 275 Å². The standard InChI is InChI=1S/C35H68NO8P/c1-3-5-7-9-11-13-14-15-16-17-18-20-22-24-26-28-35(39)42-31-33(37)32-44-45(40,41)43-30-29-36-34(38)27-25-23-21-19-12-10-8-6-4-2/h15-16,33,37H,3-14,17-32H2,1-2H3,(H,36,38)(H,40,41)/b16-15-. The minimum atomic E-state index is -4.40. The molecule has 10 heteroatoms. The van der Waals surface area contributed by atoms with Crippen molar-refractivity contribution in [1.29, 1.82) is 0 Å². The molecule has 266 valence electrons. The summed E-state index contributed by atoms with van der Waals surface area (Å²) in [6.45, 7) is 3.51. The fraction of sp³-hybridized carbons (Fsp3) is 0.886. The van der Waals surface area contributed by atoms with E-state index in [2.05, 4.69) is 31.3 Å². The summed E-state index contributed by atoms with van der Waals surface area (Å²) in [6.07, 6.45) is 30.0. The molecule has 0 spiro atoms. The average molecular weight is 662 g/mol. The van der Waals surface area contributed by atoms with Gasteiger partial charge in [-0.05, 0) is 38.5 Å². The summed E-state index contributed by atoms with van der Waals surface area (Å²) in [5, 5.41) is 12.6. The first-order valence-electron chi connectivity index (χ1n) is 18.2. The Morgan fingerprint density at radius 2 is 1.13 bits per heavy atom. The molecule has 45 heavy (non-hydrogen) atoms. The minimum Gasteiger partial charge on any atom is -0.463 e. The van der Waals surface area contributed by atoms with Gasteiger partial charge in [0.2, 0.25) is 5.91 Å². The zero-order valence-electron chi connectivity index (χ0n) is 28.8. The Kier molecular flexibility index (Phi) is 31.8. The smallest absolute Gasteiger partial charge is 0.463 e. The second-order valence-corrected chi connectivity index (χ2v) is 13.7. The number of aliphatic hydroxyl groups is 1. The molecule has 0 saturated heterocycles. The average Bonchev–Trinajstić information content (AvgIpc) is 3.02. The van der Waals surface area contributed by atoms with Crippen LogP contribution in [0.2, 0.25) is 0 Å². The molecule has 0 aromatic heterocycles. The Morgan fingerprint density at radius 1 is 0.667 bits per heavy atom. The Morgan fingerprint density at radius 3 is 1.67 bits per heavy atom. The predicted molar refractivity (Wildman–Crippen MR) is 183 cm³/mol. The Hall–Kier alpha value is -1.25. The van der Waals surface area contributed by atoms with Crippen LogP contribution in [0.3, 0.4) is 0 Å². The lowest BCUT2D eigenvalue weighted by Crippen LogP contribution is -2.27. The van der Waals surface area contributed by atoms with Crippen molar-refractivity contribution in [2.75, 3.05) is 26.4 Å². The number of hydrogen-bond donors (Lipinski definition) is 3. The third-order valence-electron chi connectivity index (χ3n) is 7.70. The quantitative estimate of drug-likeness (QED) is 0.0269. The van der Waals surface area contributed by atoms with Gasteiger partial charge in [0.15, 0.2) is 0 Å². The van der Waals surface area contributed by atoms with Gasteiger partial charge in [0.05, 0.1) is 13.2 Å². The fourth-order valence-corrected chi connectivity index (χ4v) is 5.66. The van der Waals surface area contributed by atoms with Gasteiger partial charge in [-0.25, -0.2) is 4.57 Å².